The third-order valence-electron chi connectivity index (χ3n) is 4.91. The Hall–Kier alpha value is -3.37. The minimum atomic E-state index is -0.313. The molecule has 0 spiro atoms. The Balaban J connectivity index is 1.75. The van der Waals surface area contributed by atoms with Gasteiger partial charge in [-0.15, -0.1) is 0 Å². The second-order valence-electron chi connectivity index (χ2n) is 6.96. The summed E-state index contributed by atoms with van der Waals surface area (Å²) < 4.78 is 0.950. The van der Waals surface area contributed by atoms with Gasteiger partial charge in [0, 0.05) is 16.6 Å². The van der Waals surface area contributed by atoms with Crippen molar-refractivity contribution in [1.82, 2.24) is 5.32 Å². The van der Waals surface area contributed by atoms with E-state index >= 15 is 0 Å². The fourth-order valence-corrected chi connectivity index (χ4v) is 3.59. The summed E-state index contributed by atoms with van der Waals surface area (Å²) in [6.07, 6.45) is 0. The molecule has 0 aromatic heterocycles. The van der Waals surface area contributed by atoms with E-state index in [-0.39, 0.29) is 17.2 Å². The van der Waals surface area contributed by atoms with Crippen molar-refractivity contribution in [3.8, 4) is 28.0 Å². The Morgan fingerprint density at radius 2 is 1.40 bits per heavy atom. The summed E-state index contributed by atoms with van der Waals surface area (Å²) in [5.74, 6) is -0.338. The van der Waals surface area contributed by atoms with Crippen LogP contribution in [0.25, 0.3) is 22.3 Å². The van der Waals surface area contributed by atoms with E-state index in [1.165, 1.54) is 0 Å². The van der Waals surface area contributed by atoms with E-state index in [4.69, 9.17) is 0 Å². The normalized spacial score (nSPS) is 10.6. The highest BCUT2D eigenvalue weighted by molar-refractivity contribution is 9.10. The molecule has 1 amide bonds. The first kappa shape index (κ1) is 19.9. The Kier molecular flexibility index (Phi) is 5.96. The lowest BCUT2D eigenvalue weighted by molar-refractivity contribution is 0.0948. The molecule has 4 rings (SSSR count). The van der Waals surface area contributed by atoms with E-state index in [0.29, 0.717) is 12.1 Å². The molecule has 0 atom stereocenters. The zero-order valence-electron chi connectivity index (χ0n) is 16.2. The van der Waals surface area contributed by atoms with Crippen LogP contribution in [0.15, 0.2) is 102 Å². The molecule has 4 aromatic carbocycles. The molecule has 0 unspecified atom stereocenters. The maximum Gasteiger partial charge on any atom is 0.255 e. The Bertz CT molecular complexity index is 1160. The van der Waals surface area contributed by atoms with Gasteiger partial charge in [0.15, 0.2) is 0 Å². The van der Waals surface area contributed by atoms with E-state index in [1.54, 1.807) is 6.07 Å². The van der Waals surface area contributed by atoms with Gasteiger partial charge in [-0.1, -0.05) is 88.7 Å². The predicted molar refractivity (Wildman–Crippen MR) is 124 cm³/mol. The van der Waals surface area contributed by atoms with Crippen molar-refractivity contribution in [3.63, 3.8) is 0 Å². The minimum Gasteiger partial charge on any atom is -0.506 e. The fourth-order valence-electron chi connectivity index (χ4n) is 3.33. The SMILES string of the molecule is O=C(NCc1ccccc1)c1cc(-c2ccccc2)cc(-c2ccc(Br)cc2)c1O. The highest BCUT2D eigenvalue weighted by Gasteiger charge is 2.18. The summed E-state index contributed by atoms with van der Waals surface area (Å²) >= 11 is 3.44. The van der Waals surface area contributed by atoms with Crippen LogP contribution in [0.5, 0.6) is 5.75 Å². The van der Waals surface area contributed by atoms with Gasteiger partial charge in [-0.2, -0.15) is 0 Å². The number of rotatable bonds is 5. The molecule has 0 aliphatic rings. The number of aromatic hydroxyl groups is 1. The number of carbonyl (C=O) groups excluding carboxylic acids is 1. The van der Waals surface area contributed by atoms with Crippen molar-refractivity contribution in [1.29, 1.82) is 0 Å². The molecule has 0 aliphatic heterocycles. The smallest absolute Gasteiger partial charge is 0.255 e. The Labute approximate surface area is 184 Å². The van der Waals surface area contributed by atoms with Crippen LogP contribution >= 0.6 is 15.9 Å². The van der Waals surface area contributed by atoms with E-state index in [1.807, 2.05) is 91.0 Å². The van der Waals surface area contributed by atoms with Crippen LogP contribution < -0.4 is 5.32 Å². The summed E-state index contributed by atoms with van der Waals surface area (Å²) in [5, 5.41) is 13.9. The summed E-state index contributed by atoms with van der Waals surface area (Å²) in [6, 6.07) is 30.9. The number of phenols is 1. The van der Waals surface area contributed by atoms with Crippen LogP contribution in [0.3, 0.4) is 0 Å². The molecule has 4 heteroatoms. The topological polar surface area (TPSA) is 49.3 Å². The standard InChI is InChI=1S/C26H20BrNO2/c27-22-13-11-20(12-14-22)23-15-21(19-9-5-2-6-10-19)16-24(25(23)29)26(30)28-17-18-7-3-1-4-8-18/h1-16,29H,17H2,(H,28,30). The quantitative estimate of drug-likeness (QED) is 0.363. The van der Waals surface area contributed by atoms with Gasteiger partial charge in [0.2, 0.25) is 0 Å². The molecular weight excluding hydrogens is 438 g/mol. The second kappa shape index (κ2) is 8.97. The van der Waals surface area contributed by atoms with Crippen LogP contribution in [0.4, 0.5) is 0 Å². The van der Waals surface area contributed by atoms with E-state index < -0.39 is 0 Å². The number of hydrogen-bond acceptors (Lipinski definition) is 2. The Morgan fingerprint density at radius 1 is 0.767 bits per heavy atom. The van der Waals surface area contributed by atoms with Crippen molar-refractivity contribution in [2.45, 2.75) is 6.54 Å². The van der Waals surface area contributed by atoms with E-state index in [0.717, 1.165) is 26.7 Å². The number of halogens is 1. The summed E-state index contributed by atoms with van der Waals surface area (Å²) in [5.41, 5.74) is 4.56. The van der Waals surface area contributed by atoms with Crippen molar-refractivity contribution in [2.24, 2.45) is 0 Å². The largest absolute Gasteiger partial charge is 0.506 e. The van der Waals surface area contributed by atoms with Gasteiger partial charge in [-0.3, -0.25) is 4.79 Å². The molecule has 0 bridgehead atoms. The molecular formula is C26H20BrNO2. The van der Waals surface area contributed by atoms with Gasteiger partial charge in [0.05, 0.1) is 5.56 Å². The van der Waals surface area contributed by atoms with E-state index in [2.05, 4.69) is 21.2 Å². The maximum atomic E-state index is 13.0. The van der Waals surface area contributed by atoms with Crippen molar-refractivity contribution < 1.29 is 9.90 Å². The van der Waals surface area contributed by atoms with Crippen molar-refractivity contribution in [3.05, 3.63) is 113 Å². The molecule has 0 radical (unpaired) electrons. The number of phenolic OH excluding ortho intramolecular Hbond substituents is 1. The second-order valence-corrected chi connectivity index (χ2v) is 7.88. The highest BCUT2D eigenvalue weighted by atomic mass is 79.9. The fraction of sp³-hybridized carbons (Fsp3) is 0.0385. The van der Waals surface area contributed by atoms with Crippen LogP contribution in [-0.4, -0.2) is 11.0 Å². The third-order valence-corrected chi connectivity index (χ3v) is 5.44. The zero-order valence-corrected chi connectivity index (χ0v) is 17.8. The van der Waals surface area contributed by atoms with Gasteiger partial charge >= 0.3 is 0 Å². The number of hydrogen-bond donors (Lipinski definition) is 2. The summed E-state index contributed by atoms with van der Waals surface area (Å²) in [7, 11) is 0. The lowest BCUT2D eigenvalue weighted by Crippen LogP contribution is -2.23. The molecule has 0 saturated carbocycles. The molecule has 0 saturated heterocycles. The molecule has 30 heavy (non-hydrogen) atoms. The van der Waals surface area contributed by atoms with Crippen LogP contribution in [0.1, 0.15) is 15.9 Å². The zero-order chi connectivity index (χ0) is 20.9. The number of amides is 1. The average Bonchev–Trinajstić information content (AvgIpc) is 2.79. The first-order valence-corrected chi connectivity index (χ1v) is 10.4. The predicted octanol–water partition coefficient (Wildman–Crippen LogP) is 6.42. The summed E-state index contributed by atoms with van der Waals surface area (Å²) in [4.78, 5) is 13.0. The van der Waals surface area contributed by atoms with Crippen molar-refractivity contribution in [2.75, 3.05) is 0 Å². The molecule has 4 aromatic rings. The molecule has 148 valence electrons. The summed E-state index contributed by atoms with van der Waals surface area (Å²) in [6.45, 7) is 0.391. The van der Waals surface area contributed by atoms with Gasteiger partial charge < -0.3 is 10.4 Å². The maximum absolute atomic E-state index is 13.0. The average molecular weight is 458 g/mol. The lowest BCUT2D eigenvalue weighted by Gasteiger charge is -2.14. The number of nitrogens with one attached hydrogen (secondary N) is 1. The van der Waals surface area contributed by atoms with Gasteiger partial charge in [0.25, 0.3) is 5.91 Å². The van der Waals surface area contributed by atoms with Crippen LogP contribution in [-0.2, 0) is 6.54 Å². The Morgan fingerprint density at radius 3 is 2.07 bits per heavy atom. The van der Waals surface area contributed by atoms with E-state index in [9.17, 15) is 9.90 Å². The first-order valence-electron chi connectivity index (χ1n) is 9.62. The third kappa shape index (κ3) is 4.44. The lowest BCUT2D eigenvalue weighted by atomic mass is 9.94. The van der Waals surface area contributed by atoms with Crippen LogP contribution in [0, 0.1) is 0 Å². The van der Waals surface area contributed by atoms with Crippen LogP contribution in [0.2, 0.25) is 0 Å². The van der Waals surface area contributed by atoms with Gasteiger partial charge in [0.1, 0.15) is 5.75 Å². The molecule has 0 aliphatic carbocycles. The molecule has 3 nitrogen and oxygen atoms in total. The van der Waals surface area contributed by atoms with Gasteiger partial charge in [-0.05, 0) is 46.5 Å². The number of benzene rings is 4. The highest BCUT2D eigenvalue weighted by Crippen LogP contribution is 2.37. The first-order chi connectivity index (χ1) is 14.6. The molecule has 0 heterocycles. The number of carbonyl (C=O) groups is 1. The molecule has 2 N–H and O–H groups in total. The van der Waals surface area contributed by atoms with Crippen molar-refractivity contribution >= 4 is 21.8 Å². The molecule has 0 fully saturated rings. The van der Waals surface area contributed by atoms with Gasteiger partial charge in [-0.25, -0.2) is 0 Å². The minimum absolute atomic E-state index is 0.0254. The monoisotopic (exact) mass is 457 g/mol.